The Kier molecular flexibility index (Phi) is 5.55. The maximum absolute atomic E-state index is 12.2. The summed E-state index contributed by atoms with van der Waals surface area (Å²) in [6.07, 6.45) is 5.70. The quantitative estimate of drug-likeness (QED) is 0.811. The average molecular weight is 344 g/mol. The Morgan fingerprint density at radius 1 is 1.12 bits per heavy atom. The molecule has 1 amide bonds. The minimum atomic E-state index is -0.413. The molecule has 1 aromatic rings. The molecule has 2 saturated heterocycles. The van der Waals surface area contributed by atoms with Crippen LogP contribution < -0.4 is 4.90 Å². The highest BCUT2D eigenvalue weighted by atomic mass is 16.6. The number of benzene rings is 1. The highest BCUT2D eigenvalue weighted by Gasteiger charge is 2.27. The topological polar surface area (TPSA) is 32.8 Å². The predicted molar refractivity (Wildman–Crippen MR) is 102 cm³/mol. The summed E-state index contributed by atoms with van der Waals surface area (Å²) < 4.78 is 5.48. The molecule has 1 aromatic carbocycles. The molecule has 0 unspecified atom stereocenters. The zero-order valence-corrected chi connectivity index (χ0v) is 16.0. The second-order valence-corrected chi connectivity index (χ2v) is 8.48. The van der Waals surface area contributed by atoms with Crippen molar-refractivity contribution in [3.8, 4) is 0 Å². The van der Waals surface area contributed by atoms with E-state index in [4.69, 9.17) is 4.74 Å². The number of piperidine rings is 1. The van der Waals surface area contributed by atoms with Gasteiger partial charge in [-0.3, -0.25) is 0 Å². The number of anilines is 1. The van der Waals surface area contributed by atoms with Crippen molar-refractivity contribution >= 4 is 11.8 Å². The smallest absolute Gasteiger partial charge is 0.410 e. The minimum absolute atomic E-state index is 0.165. The summed E-state index contributed by atoms with van der Waals surface area (Å²) in [4.78, 5) is 16.5. The van der Waals surface area contributed by atoms with E-state index in [0.717, 1.165) is 32.4 Å². The van der Waals surface area contributed by atoms with E-state index in [1.54, 1.807) is 0 Å². The lowest BCUT2D eigenvalue weighted by Gasteiger charge is -2.33. The molecule has 0 N–H and O–H groups in total. The normalized spacial score (nSPS) is 19.3. The van der Waals surface area contributed by atoms with Crippen LogP contribution in [0.1, 0.15) is 52.0 Å². The molecule has 0 saturated carbocycles. The number of carbonyl (C=O) groups excluding carboxylic acids is 1. The average Bonchev–Trinajstić information content (AvgIpc) is 3.09. The van der Waals surface area contributed by atoms with Crippen molar-refractivity contribution in [2.45, 2.75) is 58.5 Å². The molecule has 0 aliphatic carbocycles. The fourth-order valence-electron chi connectivity index (χ4n) is 3.83. The van der Waals surface area contributed by atoms with Crippen LogP contribution in [0.3, 0.4) is 0 Å². The number of amides is 1. The van der Waals surface area contributed by atoms with Crippen molar-refractivity contribution < 1.29 is 9.53 Å². The van der Waals surface area contributed by atoms with Gasteiger partial charge in [0.1, 0.15) is 5.60 Å². The van der Waals surface area contributed by atoms with E-state index in [1.165, 1.54) is 37.2 Å². The Morgan fingerprint density at radius 3 is 2.44 bits per heavy atom. The van der Waals surface area contributed by atoms with Crippen LogP contribution in [0.15, 0.2) is 24.3 Å². The van der Waals surface area contributed by atoms with E-state index < -0.39 is 5.60 Å². The van der Waals surface area contributed by atoms with Gasteiger partial charge in [0.2, 0.25) is 0 Å². The number of hydrogen-bond acceptors (Lipinski definition) is 3. The first-order chi connectivity index (χ1) is 11.9. The molecule has 2 aliphatic rings. The lowest BCUT2D eigenvalue weighted by atomic mass is 9.90. The van der Waals surface area contributed by atoms with Crippen LogP contribution >= 0.6 is 0 Å². The number of ether oxygens (including phenoxy) is 1. The molecule has 0 aromatic heterocycles. The Balaban J connectivity index is 1.50. The molecule has 0 radical (unpaired) electrons. The lowest BCUT2D eigenvalue weighted by Crippen LogP contribution is -2.42. The molecule has 0 spiro atoms. The highest BCUT2D eigenvalue weighted by Crippen LogP contribution is 2.26. The molecule has 25 heavy (non-hydrogen) atoms. The Morgan fingerprint density at radius 2 is 1.80 bits per heavy atom. The van der Waals surface area contributed by atoms with Gasteiger partial charge < -0.3 is 14.5 Å². The van der Waals surface area contributed by atoms with Gasteiger partial charge in [-0.1, -0.05) is 12.1 Å². The van der Waals surface area contributed by atoms with Crippen molar-refractivity contribution in [3.05, 3.63) is 29.8 Å². The number of nitrogens with zero attached hydrogens (tertiary/aromatic N) is 2. The SMILES string of the molecule is CC(C)(C)OC(=O)N1CCC(Cc2cccc(N3CCCC3)c2)CC1. The lowest BCUT2D eigenvalue weighted by molar-refractivity contribution is 0.0184. The summed E-state index contributed by atoms with van der Waals surface area (Å²) in [6.45, 7) is 9.77. The van der Waals surface area contributed by atoms with Gasteiger partial charge >= 0.3 is 6.09 Å². The van der Waals surface area contributed by atoms with Crippen molar-refractivity contribution in [3.63, 3.8) is 0 Å². The third-order valence-electron chi connectivity index (χ3n) is 5.17. The van der Waals surface area contributed by atoms with Crippen LogP contribution in [-0.2, 0) is 11.2 Å². The molecule has 138 valence electrons. The van der Waals surface area contributed by atoms with E-state index in [0.29, 0.717) is 5.92 Å². The third-order valence-corrected chi connectivity index (χ3v) is 5.17. The summed E-state index contributed by atoms with van der Waals surface area (Å²) in [5.74, 6) is 0.660. The molecule has 4 nitrogen and oxygen atoms in total. The van der Waals surface area contributed by atoms with E-state index in [9.17, 15) is 4.79 Å². The Bertz CT molecular complexity index is 580. The van der Waals surface area contributed by atoms with E-state index in [-0.39, 0.29) is 6.09 Å². The summed E-state index contributed by atoms with van der Waals surface area (Å²) in [5.41, 5.74) is 2.39. The second kappa shape index (κ2) is 7.67. The fraction of sp³-hybridized carbons (Fsp3) is 0.667. The van der Waals surface area contributed by atoms with Gasteiger partial charge in [-0.15, -0.1) is 0 Å². The van der Waals surface area contributed by atoms with Gasteiger partial charge in [-0.05, 0) is 76.5 Å². The monoisotopic (exact) mass is 344 g/mol. The first-order valence-corrected chi connectivity index (χ1v) is 9.72. The molecular weight excluding hydrogens is 312 g/mol. The number of carbonyl (C=O) groups is 1. The van der Waals surface area contributed by atoms with Crippen LogP contribution in [-0.4, -0.2) is 42.8 Å². The van der Waals surface area contributed by atoms with Crippen molar-refractivity contribution in [2.24, 2.45) is 5.92 Å². The standard InChI is InChI=1S/C21H32N2O2/c1-21(2,3)25-20(24)23-13-9-17(10-14-23)15-18-7-6-8-19(16-18)22-11-4-5-12-22/h6-8,16-17H,4-5,9-15H2,1-3H3. The molecule has 2 aliphatic heterocycles. The van der Waals surface area contributed by atoms with Crippen LogP contribution in [0.4, 0.5) is 10.5 Å². The van der Waals surface area contributed by atoms with Crippen LogP contribution in [0.25, 0.3) is 0 Å². The minimum Gasteiger partial charge on any atom is -0.444 e. The first-order valence-electron chi connectivity index (χ1n) is 9.72. The van der Waals surface area contributed by atoms with E-state index >= 15 is 0 Å². The van der Waals surface area contributed by atoms with Crippen LogP contribution in [0, 0.1) is 5.92 Å². The van der Waals surface area contributed by atoms with Crippen LogP contribution in [0.2, 0.25) is 0 Å². The Hall–Kier alpha value is -1.71. The van der Waals surface area contributed by atoms with Gasteiger partial charge in [0.05, 0.1) is 0 Å². The van der Waals surface area contributed by atoms with Crippen LogP contribution in [0.5, 0.6) is 0 Å². The number of likely N-dealkylation sites (tertiary alicyclic amines) is 1. The highest BCUT2D eigenvalue weighted by molar-refractivity contribution is 5.68. The van der Waals surface area contributed by atoms with Gasteiger partial charge in [0, 0.05) is 31.9 Å². The molecule has 0 bridgehead atoms. The summed E-state index contributed by atoms with van der Waals surface area (Å²) >= 11 is 0. The Labute approximate surface area is 152 Å². The number of hydrogen-bond donors (Lipinski definition) is 0. The summed E-state index contributed by atoms with van der Waals surface area (Å²) in [6, 6.07) is 9.05. The van der Waals surface area contributed by atoms with Crippen molar-refractivity contribution in [1.82, 2.24) is 4.90 Å². The summed E-state index contributed by atoms with van der Waals surface area (Å²) in [5, 5.41) is 0. The molecule has 0 atom stereocenters. The predicted octanol–water partition coefficient (Wildman–Crippen LogP) is 4.48. The molecule has 2 fully saturated rings. The van der Waals surface area contributed by atoms with Crippen molar-refractivity contribution in [2.75, 3.05) is 31.1 Å². The molecule has 3 rings (SSSR count). The zero-order chi connectivity index (χ0) is 17.9. The molecule has 4 heteroatoms. The first kappa shape index (κ1) is 18.1. The van der Waals surface area contributed by atoms with Gasteiger partial charge in [-0.25, -0.2) is 4.79 Å². The third kappa shape index (κ3) is 5.13. The number of rotatable bonds is 3. The maximum atomic E-state index is 12.2. The fourth-order valence-corrected chi connectivity index (χ4v) is 3.83. The summed E-state index contributed by atoms with van der Waals surface area (Å²) in [7, 11) is 0. The van der Waals surface area contributed by atoms with Crippen molar-refractivity contribution in [1.29, 1.82) is 0 Å². The molecule has 2 heterocycles. The molecular formula is C21H32N2O2. The van der Waals surface area contributed by atoms with Gasteiger partial charge in [-0.2, -0.15) is 0 Å². The second-order valence-electron chi connectivity index (χ2n) is 8.48. The maximum Gasteiger partial charge on any atom is 0.410 e. The van der Waals surface area contributed by atoms with Gasteiger partial charge in [0.25, 0.3) is 0 Å². The van der Waals surface area contributed by atoms with E-state index in [1.807, 2.05) is 25.7 Å². The van der Waals surface area contributed by atoms with Gasteiger partial charge in [0.15, 0.2) is 0 Å². The van der Waals surface area contributed by atoms with E-state index in [2.05, 4.69) is 29.2 Å². The zero-order valence-electron chi connectivity index (χ0n) is 16.0. The largest absolute Gasteiger partial charge is 0.444 e.